The quantitative estimate of drug-likeness (QED) is 0.431. The minimum Gasteiger partial charge on any atom is -0.479 e. The zero-order valence-electron chi connectivity index (χ0n) is 22.2. The van der Waals surface area contributed by atoms with E-state index in [1.54, 1.807) is 9.80 Å². The summed E-state index contributed by atoms with van der Waals surface area (Å²) in [7, 11) is 3.67. The summed E-state index contributed by atoms with van der Waals surface area (Å²) in [6, 6.07) is 17.4. The predicted molar refractivity (Wildman–Crippen MR) is 146 cm³/mol. The van der Waals surface area contributed by atoms with Crippen LogP contribution in [0, 0.1) is 0 Å². The number of likely N-dealkylation sites (N-methyl/N-ethyl adjacent to an activating group) is 1. The van der Waals surface area contributed by atoms with Gasteiger partial charge in [-0.3, -0.25) is 9.59 Å². The van der Waals surface area contributed by atoms with Gasteiger partial charge < -0.3 is 24.5 Å². The van der Waals surface area contributed by atoms with Gasteiger partial charge in [0.15, 0.2) is 0 Å². The smallest absolute Gasteiger partial charge is 0.315 e. The van der Waals surface area contributed by atoms with E-state index >= 15 is 0 Å². The molecule has 2 aromatic carbocycles. The lowest BCUT2D eigenvalue weighted by molar-refractivity contribution is -0.130. The zero-order chi connectivity index (χ0) is 27.1. The molecule has 0 fully saturated rings. The second-order valence-corrected chi connectivity index (χ2v) is 9.52. The van der Waals surface area contributed by atoms with Crippen LogP contribution in [0.25, 0.3) is 0 Å². The van der Waals surface area contributed by atoms with E-state index in [9.17, 15) is 14.7 Å². The molecule has 4 rings (SSSR count). The average Bonchev–Trinajstić information content (AvgIpc) is 3.05. The summed E-state index contributed by atoms with van der Waals surface area (Å²) in [5, 5.41) is 9.70. The van der Waals surface area contributed by atoms with Gasteiger partial charge in [-0.05, 0) is 36.1 Å². The molecule has 1 unspecified atom stereocenters. The van der Waals surface area contributed by atoms with E-state index in [1.165, 1.54) is 6.20 Å². The van der Waals surface area contributed by atoms with Gasteiger partial charge in [-0.2, -0.15) is 4.98 Å². The minimum absolute atomic E-state index is 0.141. The SMILES string of the molecule is CCCC(=O)N(C)CCC(OCc1cccc(N2CCN(C)c3nc(O)ncc3C2=O)c1)c1ccccc1. The molecule has 0 spiro atoms. The number of ether oxygens (including phenoxy) is 1. The van der Waals surface area contributed by atoms with Crippen LogP contribution in [0.4, 0.5) is 11.5 Å². The Bertz CT molecular complexity index is 1250. The van der Waals surface area contributed by atoms with Crippen molar-refractivity contribution >= 4 is 23.3 Å². The summed E-state index contributed by atoms with van der Waals surface area (Å²) >= 11 is 0. The van der Waals surface area contributed by atoms with Crippen molar-refractivity contribution < 1.29 is 19.4 Å². The Hall–Kier alpha value is -3.98. The fraction of sp³-hybridized carbons (Fsp3) is 0.379. The summed E-state index contributed by atoms with van der Waals surface area (Å²) in [5.41, 5.74) is 3.10. The van der Waals surface area contributed by atoms with Gasteiger partial charge in [-0.25, -0.2) is 4.98 Å². The van der Waals surface area contributed by atoms with E-state index in [4.69, 9.17) is 4.74 Å². The average molecular weight is 518 g/mol. The summed E-state index contributed by atoms with van der Waals surface area (Å²) in [4.78, 5) is 38.8. The first-order chi connectivity index (χ1) is 18.4. The molecule has 0 saturated heterocycles. The Morgan fingerprint density at radius 2 is 1.95 bits per heavy atom. The number of benzene rings is 2. The van der Waals surface area contributed by atoms with Gasteiger partial charge >= 0.3 is 6.01 Å². The van der Waals surface area contributed by atoms with E-state index in [0.29, 0.717) is 50.5 Å². The molecule has 1 aromatic heterocycles. The predicted octanol–water partition coefficient (Wildman–Crippen LogP) is 4.19. The lowest BCUT2D eigenvalue weighted by Crippen LogP contribution is -2.33. The highest BCUT2D eigenvalue weighted by atomic mass is 16.5. The third-order valence-electron chi connectivity index (χ3n) is 6.71. The second-order valence-electron chi connectivity index (χ2n) is 9.52. The van der Waals surface area contributed by atoms with Crippen molar-refractivity contribution in [2.75, 3.05) is 43.5 Å². The highest BCUT2D eigenvalue weighted by Gasteiger charge is 2.28. The highest BCUT2D eigenvalue weighted by Crippen LogP contribution is 2.28. The lowest BCUT2D eigenvalue weighted by atomic mass is 10.1. The number of rotatable bonds is 10. The number of fused-ring (bicyclic) bond motifs is 1. The van der Waals surface area contributed by atoms with Crippen LogP contribution in [-0.4, -0.2) is 65.5 Å². The first kappa shape index (κ1) is 27.1. The number of hydrogen-bond donors (Lipinski definition) is 1. The van der Waals surface area contributed by atoms with Crippen molar-refractivity contribution in [3.05, 3.63) is 77.5 Å². The molecule has 2 heterocycles. The van der Waals surface area contributed by atoms with Gasteiger partial charge in [0.1, 0.15) is 11.4 Å². The van der Waals surface area contributed by atoms with E-state index in [2.05, 4.69) is 9.97 Å². The molecule has 1 atom stereocenters. The standard InChI is InChI=1S/C29H35N5O4/c1-4-9-26(35)32(2)15-14-25(22-11-6-5-7-12-22)38-20-21-10-8-13-23(18-21)34-17-16-33(3)27-24(28(34)36)19-30-29(37)31-27/h5-8,10-13,18-19,25H,4,9,14-17,20H2,1-3H3,(H,30,31,37). The second kappa shape index (κ2) is 12.5. The topological polar surface area (TPSA) is 99.1 Å². The molecular formula is C29H35N5O4. The molecule has 3 aromatic rings. The first-order valence-electron chi connectivity index (χ1n) is 13.0. The maximum Gasteiger partial charge on any atom is 0.315 e. The van der Waals surface area contributed by atoms with Crippen molar-refractivity contribution in [2.24, 2.45) is 0 Å². The fourth-order valence-corrected chi connectivity index (χ4v) is 4.52. The van der Waals surface area contributed by atoms with Gasteiger partial charge in [0.25, 0.3) is 5.91 Å². The number of aromatic hydroxyl groups is 1. The third-order valence-corrected chi connectivity index (χ3v) is 6.71. The third kappa shape index (κ3) is 6.47. The minimum atomic E-state index is -0.357. The Kier molecular flexibility index (Phi) is 8.91. The highest BCUT2D eigenvalue weighted by molar-refractivity contribution is 6.09. The van der Waals surface area contributed by atoms with Gasteiger partial charge in [0.05, 0.1) is 12.7 Å². The van der Waals surface area contributed by atoms with Crippen LogP contribution in [0.1, 0.15) is 53.8 Å². The molecule has 0 radical (unpaired) electrons. The molecule has 0 bridgehead atoms. The summed E-state index contributed by atoms with van der Waals surface area (Å²) in [6.45, 7) is 3.98. The van der Waals surface area contributed by atoms with Gasteiger partial charge in [-0.15, -0.1) is 0 Å². The van der Waals surface area contributed by atoms with Crippen LogP contribution in [0.5, 0.6) is 6.01 Å². The largest absolute Gasteiger partial charge is 0.479 e. The Morgan fingerprint density at radius 1 is 1.16 bits per heavy atom. The number of carbonyl (C=O) groups excluding carboxylic acids is 2. The molecule has 0 saturated carbocycles. The lowest BCUT2D eigenvalue weighted by Gasteiger charge is -2.24. The van der Waals surface area contributed by atoms with Crippen molar-refractivity contribution in [3.8, 4) is 6.01 Å². The number of anilines is 2. The first-order valence-corrected chi connectivity index (χ1v) is 13.0. The van der Waals surface area contributed by atoms with Gasteiger partial charge in [-0.1, -0.05) is 49.4 Å². The van der Waals surface area contributed by atoms with Crippen molar-refractivity contribution in [2.45, 2.75) is 38.9 Å². The molecule has 1 aliphatic heterocycles. The molecule has 2 amide bonds. The Labute approximate surface area is 223 Å². The maximum absolute atomic E-state index is 13.4. The number of hydrogen-bond acceptors (Lipinski definition) is 7. The van der Waals surface area contributed by atoms with E-state index in [0.717, 1.165) is 23.2 Å². The van der Waals surface area contributed by atoms with Crippen molar-refractivity contribution in [1.82, 2.24) is 14.9 Å². The van der Waals surface area contributed by atoms with Crippen LogP contribution < -0.4 is 9.80 Å². The molecule has 1 N–H and O–H groups in total. The molecular weight excluding hydrogens is 482 g/mol. The Morgan fingerprint density at radius 3 is 2.71 bits per heavy atom. The molecule has 9 heteroatoms. The number of nitrogens with zero attached hydrogens (tertiary/aromatic N) is 5. The number of amides is 2. The van der Waals surface area contributed by atoms with E-state index in [1.807, 2.05) is 80.5 Å². The van der Waals surface area contributed by atoms with Crippen LogP contribution >= 0.6 is 0 Å². The van der Waals surface area contributed by atoms with Crippen LogP contribution in [0.2, 0.25) is 0 Å². The number of aromatic nitrogens is 2. The van der Waals surface area contributed by atoms with Crippen LogP contribution in [0.3, 0.4) is 0 Å². The van der Waals surface area contributed by atoms with E-state index < -0.39 is 0 Å². The van der Waals surface area contributed by atoms with Crippen molar-refractivity contribution in [3.63, 3.8) is 0 Å². The summed E-state index contributed by atoms with van der Waals surface area (Å²) < 4.78 is 6.39. The molecule has 38 heavy (non-hydrogen) atoms. The normalized spacial score (nSPS) is 14.1. The van der Waals surface area contributed by atoms with Gasteiger partial charge in [0.2, 0.25) is 5.91 Å². The summed E-state index contributed by atoms with van der Waals surface area (Å²) in [6.07, 6.45) is 3.24. The molecule has 1 aliphatic rings. The van der Waals surface area contributed by atoms with Gasteiger partial charge in [0, 0.05) is 52.0 Å². The van der Waals surface area contributed by atoms with Crippen molar-refractivity contribution in [1.29, 1.82) is 0 Å². The molecule has 200 valence electrons. The van der Waals surface area contributed by atoms with Crippen LogP contribution in [0.15, 0.2) is 60.8 Å². The van der Waals surface area contributed by atoms with E-state index in [-0.39, 0.29) is 23.9 Å². The maximum atomic E-state index is 13.4. The molecule has 0 aliphatic carbocycles. The number of carbonyl (C=O) groups is 2. The fourth-order valence-electron chi connectivity index (χ4n) is 4.52. The zero-order valence-corrected chi connectivity index (χ0v) is 22.2. The van der Waals surface area contributed by atoms with Crippen LogP contribution in [-0.2, 0) is 16.1 Å². The summed E-state index contributed by atoms with van der Waals surface area (Å²) in [5.74, 6) is 0.337. The Balaban J connectivity index is 1.48. The molecule has 9 nitrogen and oxygen atoms in total. The monoisotopic (exact) mass is 517 g/mol.